The molecule has 3 aromatic rings. The molecule has 3 aliphatic rings. The van der Waals surface area contributed by atoms with Gasteiger partial charge in [-0.15, -0.1) is 0 Å². The van der Waals surface area contributed by atoms with E-state index in [0.29, 0.717) is 51.4 Å². The van der Waals surface area contributed by atoms with Gasteiger partial charge in [0.1, 0.15) is 18.2 Å². The lowest BCUT2D eigenvalue weighted by molar-refractivity contribution is -0.126. The van der Waals surface area contributed by atoms with Crippen molar-refractivity contribution < 1.29 is 14.6 Å². The first kappa shape index (κ1) is 29.2. The number of phenolic OH excluding ortho intramolecular Hbond substituents is 1. The van der Waals surface area contributed by atoms with Crippen molar-refractivity contribution in [3.05, 3.63) is 59.8 Å². The van der Waals surface area contributed by atoms with Gasteiger partial charge in [0, 0.05) is 74.1 Å². The second kappa shape index (κ2) is 12.8. The molecule has 2 saturated heterocycles. The van der Waals surface area contributed by atoms with E-state index >= 15 is 0 Å². The molecule has 0 radical (unpaired) electrons. The fraction of sp³-hybridized carbons (Fsp3) is 0.485. The van der Waals surface area contributed by atoms with E-state index in [2.05, 4.69) is 27.8 Å². The van der Waals surface area contributed by atoms with Crippen molar-refractivity contribution in [2.45, 2.75) is 31.8 Å². The lowest BCUT2D eigenvalue weighted by Crippen LogP contribution is -2.49. The zero-order valence-corrected chi connectivity index (χ0v) is 25.6. The number of carbonyl (C=O) groups is 1. The van der Waals surface area contributed by atoms with Crippen molar-refractivity contribution in [1.29, 1.82) is 0 Å². The molecule has 228 valence electrons. The molecule has 1 amide bonds. The summed E-state index contributed by atoms with van der Waals surface area (Å²) in [4.78, 5) is 33.6. The normalized spacial score (nSPS) is 19.5. The van der Waals surface area contributed by atoms with Crippen molar-refractivity contribution in [1.82, 2.24) is 24.7 Å². The number of hydrogen-bond donors (Lipinski definition) is 1. The minimum absolute atomic E-state index is 0.0601. The van der Waals surface area contributed by atoms with Gasteiger partial charge in [-0.3, -0.25) is 4.79 Å². The number of ether oxygens (including phenoxy) is 1. The van der Waals surface area contributed by atoms with Gasteiger partial charge in [0.2, 0.25) is 5.91 Å². The summed E-state index contributed by atoms with van der Waals surface area (Å²) in [5.74, 6) is 1.25. The Morgan fingerprint density at radius 3 is 2.65 bits per heavy atom. The second-order valence-electron chi connectivity index (χ2n) is 12.2. The Kier molecular flexibility index (Phi) is 8.67. The van der Waals surface area contributed by atoms with Gasteiger partial charge in [-0.05, 0) is 58.4 Å². The number of likely N-dealkylation sites (tertiary alicyclic amines) is 1. The summed E-state index contributed by atoms with van der Waals surface area (Å²) >= 11 is 0. The molecule has 2 fully saturated rings. The Bertz CT molecular complexity index is 1480. The minimum Gasteiger partial charge on any atom is -0.508 e. The van der Waals surface area contributed by atoms with Crippen LogP contribution in [0, 0.1) is 0 Å². The lowest BCUT2D eigenvalue weighted by atomic mass is 10.0. The van der Waals surface area contributed by atoms with E-state index in [0.717, 1.165) is 66.0 Å². The molecule has 3 aliphatic heterocycles. The summed E-state index contributed by atoms with van der Waals surface area (Å²) in [6, 6.07) is 12.6. The first-order valence-electron chi connectivity index (χ1n) is 15.4. The molecule has 2 aromatic carbocycles. The van der Waals surface area contributed by atoms with E-state index in [9.17, 15) is 9.90 Å². The van der Waals surface area contributed by atoms with Gasteiger partial charge < -0.3 is 34.3 Å². The summed E-state index contributed by atoms with van der Waals surface area (Å²) < 4.78 is 6.28. The Balaban J connectivity index is 1.25. The number of aromatic nitrogens is 2. The molecule has 6 rings (SSSR count). The zero-order valence-electron chi connectivity index (χ0n) is 25.6. The number of carbonyl (C=O) groups excluding carboxylic acids is 1. The molecule has 1 atom stereocenters. The zero-order chi connectivity index (χ0) is 29.9. The van der Waals surface area contributed by atoms with Crippen LogP contribution in [-0.2, 0) is 17.8 Å². The number of likely N-dealkylation sites (N-methyl/N-ethyl adjacent to an activating group) is 2. The highest BCUT2D eigenvalue weighted by Gasteiger charge is 2.30. The van der Waals surface area contributed by atoms with Gasteiger partial charge in [-0.25, -0.2) is 0 Å². The van der Waals surface area contributed by atoms with Gasteiger partial charge in [0.15, 0.2) is 0 Å². The highest BCUT2D eigenvalue weighted by atomic mass is 16.5. The maximum Gasteiger partial charge on any atom is 0.318 e. The van der Waals surface area contributed by atoms with Crippen LogP contribution in [0.25, 0.3) is 10.8 Å². The summed E-state index contributed by atoms with van der Waals surface area (Å²) in [6.07, 6.45) is 6.69. The number of hydrogen-bond acceptors (Lipinski definition) is 9. The second-order valence-corrected chi connectivity index (χ2v) is 12.2. The molecule has 0 saturated carbocycles. The van der Waals surface area contributed by atoms with Crippen LogP contribution in [0.5, 0.6) is 11.8 Å². The molecule has 1 aromatic heterocycles. The molecule has 1 unspecified atom stereocenters. The van der Waals surface area contributed by atoms with Crippen molar-refractivity contribution >= 4 is 28.2 Å². The fourth-order valence-corrected chi connectivity index (χ4v) is 6.43. The van der Waals surface area contributed by atoms with Crippen LogP contribution in [0.4, 0.5) is 11.5 Å². The van der Waals surface area contributed by atoms with Crippen LogP contribution in [0.2, 0.25) is 0 Å². The topological polar surface area (TPSA) is 88.5 Å². The number of phenols is 1. The highest BCUT2D eigenvalue weighted by molar-refractivity contribution is 5.95. The molecule has 0 spiro atoms. The molecular weight excluding hydrogens is 542 g/mol. The molecule has 0 aliphatic carbocycles. The third-order valence-electron chi connectivity index (χ3n) is 8.89. The Morgan fingerprint density at radius 1 is 1.07 bits per heavy atom. The Labute approximate surface area is 254 Å². The van der Waals surface area contributed by atoms with E-state index in [1.54, 1.807) is 6.08 Å². The SMILES string of the molecule is CN(C)C/C=C/C(=O)N1CCN(c2nc(OCC3CCCN3C)nc3c2CCN(c2cc(O)cc4ccccc24)C3)CC1. The third kappa shape index (κ3) is 6.55. The van der Waals surface area contributed by atoms with E-state index < -0.39 is 0 Å². The number of rotatable bonds is 8. The largest absolute Gasteiger partial charge is 0.508 e. The quantitative estimate of drug-likeness (QED) is 0.401. The molecule has 0 bridgehead atoms. The summed E-state index contributed by atoms with van der Waals surface area (Å²) in [7, 11) is 6.13. The van der Waals surface area contributed by atoms with Gasteiger partial charge >= 0.3 is 6.01 Å². The van der Waals surface area contributed by atoms with Gasteiger partial charge in [-0.2, -0.15) is 9.97 Å². The molecule has 10 heteroatoms. The van der Waals surface area contributed by atoms with Crippen LogP contribution in [-0.4, -0.2) is 115 Å². The van der Waals surface area contributed by atoms with Crippen LogP contribution in [0.15, 0.2) is 48.6 Å². The molecule has 4 heterocycles. The lowest BCUT2D eigenvalue weighted by Gasteiger charge is -2.38. The highest BCUT2D eigenvalue weighted by Crippen LogP contribution is 2.36. The smallest absolute Gasteiger partial charge is 0.318 e. The Hall–Kier alpha value is -3.89. The standard InChI is InChI=1S/C33H43N7O3/c1-36(2)13-7-11-31(42)38-16-18-39(19-17-38)32-28-12-15-40(30-21-26(41)20-24-8-4-5-10-27(24)30)22-29(28)34-33(35-32)43-23-25-9-6-14-37(25)3/h4-5,7-8,10-11,20-21,25,41H,6,9,12-19,22-23H2,1-3H3/b11-7+. The van der Waals surface area contributed by atoms with Crippen molar-refractivity contribution in [2.75, 3.05) is 83.4 Å². The molecular formula is C33H43N7O3. The fourth-order valence-electron chi connectivity index (χ4n) is 6.43. The number of fused-ring (bicyclic) bond motifs is 2. The summed E-state index contributed by atoms with van der Waals surface area (Å²) in [6.45, 7) is 6.51. The van der Waals surface area contributed by atoms with Crippen LogP contribution in [0.3, 0.4) is 0 Å². The first-order valence-corrected chi connectivity index (χ1v) is 15.4. The van der Waals surface area contributed by atoms with Crippen LogP contribution < -0.4 is 14.5 Å². The minimum atomic E-state index is 0.0601. The van der Waals surface area contributed by atoms with E-state index in [1.807, 2.05) is 60.3 Å². The van der Waals surface area contributed by atoms with Gasteiger partial charge in [-0.1, -0.05) is 30.3 Å². The third-order valence-corrected chi connectivity index (χ3v) is 8.89. The molecule has 10 nitrogen and oxygen atoms in total. The van der Waals surface area contributed by atoms with Crippen molar-refractivity contribution in [2.24, 2.45) is 0 Å². The van der Waals surface area contributed by atoms with E-state index in [1.165, 1.54) is 6.42 Å². The summed E-state index contributed by atoms with van der Waals surface area (Å²) in [5.41, 5.74) is 3.12. The first-order chi connectivity index (χ1) is 20.9. The van der Waals surface area contributed by atoms with Crippen LogP contribution in [0.1, 0.15) is 24.1 Å². The van der Waals surface area contributed by atoms with E-state index in [-0.39, 0.29) is 11.7 Å². The monoisotopic (exact) mass is 585 g/mol. The number of benzene rings is 2. The number of nitrogens with zero attached hydrogens (tertiary/aromatic N) is 7. The predicted octanol–water partition coefficient (Wildman–Crippen LogP) is 3.14. The van der Waals surface area contributed by atoms with E-state index in [4.69, 9.17) is 14.7 Å². The predicted molar refractivity (Wildman–Crippen MR) is 170 cm³/mol. The summed E-state index contributed by atoms with van der Waals surface area (Å²) in [5, 5.41) is 12.6. The number of amides is 1. The number of aromatic hydroxyl groups is 1. The average molecular weight is 586 g/mol. The number of anilines is 2. The number of piperazine rings is 1. The van der Waals surface area contributed by atoms with Crippen molar-refractivity contribution in [3.8, 4) is 11.8 Å². The maximum absolute atomic E-state index is 12.8. The average Bonchev–Trinajstić information content (AvgIpc) is 3.43. The van der Waals surface area contributed by atoms with Gasteiger partial charge in [0.05, 0.1) is 12.2 Å². The Morgan fingerprint density at radius 2 is 1.88 bits per heavy atom. The van der Waals surface area contributed by atoms with Gasteiger partial charge in [0.25, 0.3) is 0 Å². The van der Waals surface area contributed by atoms with Crippen molar-refractivity contribution in [3.63, 3.8) is 0 Å². The molecule has 43 heavy (non-hydrogen) atoms. The molecule has 1 N–H and O–H groups in total. The van der Waals surface area contributed by atoms with Crippen LogP contribution >= 0.6 is 0 Å². The maximum atomic E-state index is 12.8.